The molecule has 1 spiro atoms. The van der Waals surface area contributed by atoms with Crippen molar-refractivity contribution >= 4 is 23.5 Å². The van der Waals surface area contributed by atoms with E-state index >= 15 is 0 Å². The summed E-state index contributed by atoms with van der Waals surface area (Å²) in [4.78, 5) is 41.9. The summed E-state index contributed by atoms with van der Waals surface area (Å²) >= 11 is 0. The molecule has 2 N–H and O–H groups in total. The number of aryl methyl sites for hydroxylation is 1. The highest BCUT2D eigenvalue weighted by atomic mass is 16.5. The number of amides is 3. The Morgan fingerprint density at radius 1 is 1.19 bits per heavy atom. The number of ether oxygens (including phenoxy) is 1. The number of fused-ring (bicyclic) bond motifs is 1. The summed E-state index contributed by atoms with van der Waals surface area (Å²) in [5.41, 5.74) is -1.09. The molecule has 3 aliphatic heterocycles. The van der Waals surface area contributed by atoms with Gasteiger partial charge in [0.2, 0.25) is 17.7 Å². The van der Waals surface area contributed by atoms with Gasteiger partial charge in [0.05, 0.1) is 17.9 Å². The van der Waals surface area contributed by atoms with Crippen LogP contribution in [0.4, 0.5) is 5.82 Å². The first-order chi connectivity index (χ1) is 15.0. The molecule has 9 heteroatoms. The zero-order chi connectivity index (χ0) is 21.3. The third-order valence-electron chi connectivity index (χ3n) is 7.38. The molecule has 3 amide bonds. The maximum absolute atomic E-state index is 13.6. The van der Waals surface area contributed by atoms with E-state index in [9.17, 15) is 14.4 Å². The molecule has 164 valence electrons. The molecule has 2 aliphatic carbocycles. The molecule has 2 saturated heterocycles. The van der Waals surface area contributed by atoms with E-state index < -0.39 is 29.6 Å². The summed E-state index contributed by atoms with van der Waals surface area (Å²) in [5, 5.41) is 9.73. The van der Waals surface area contributed by atoms with Crippen molar-refractivity contribution in [1.29, 1.82) is 0 Å². The van der Waals surface area contributed by atoms with Gasteiger partial charge in [-0.15, -0.1) is 0 Å². The van der Waals surface area contributed by atoms with Crippen molar-refractivity contribution in [2.75, 3.05) is 5.32 Å². The van der Waals surface area contributed by atoms with Gasteiger partial charge in [-0.1, -0.05) is 30.2 Å². The minimum absolute atomic E-state index is 0.0461. The van der Waals surface area contributed by atoms with Crippen LogP contribution in [0.15, 0.2) is 22.7 Å². The second-order valence-electron chi connectivity index (χ2n) is 9.48. The van der Waals surface area contributed by atoms with Crippen molar-refractivity contribution in [3.63, 3.8) is 0 Å². The molecule has 2 bridgehead atoms. The van der Waals surface area contributed by atoms with Gasteiger partial charge in [-0.05, 0) is 32.6 Å². The Kier molecular flexibility index (Phi) is 4.09. The van der Waals surface area contributed by atoms with E-state index in [0.717, 1.165) is 38.5 Å². The normalized spacial score (nSPS) is 36.3. The lowest BCUT2D eigenvalue weighted by atomic mass is 9.74. The van der Waals surface area contributed by atoms with Crippen LogP contribution in [0.5, 0.6) is 0 Å². The van der Waals surface area contributed by atoms with Crippen LogP contribution in [0.1, 0.15) is 44.3 Å². The first-order valence-corrected chi connectivity index (χ1v) is 11.2. The van der Waals surface area contributed by atoms with E-state index in [1.54, 1.807) is 17.9 Å². The topological polar surface area (TPSA) is 114 Å². The fourth-order valence-electron chi connectivity index (χ4n) is 5.94. The van der Waals surface area contributed by atoms with Gasteiger partial charge < -0.3 is 24.8 Å². The number of hydrogen-bond donors (Lipinski definition) is 2. The van der Waals surface area contributed by atoms with Gasteiger partial charge in [0.1, 0.15) is 17.4 Å². The highest BCUT2D eigenvalue weighted by Crippen LogP contribution is 2.57. The summed E-state index contributed by atoms with van der Waals surface area (Å²) in [6, 6.07) is 1.09. The first-order valence-electron chi connectivity index (χ1n) is 11.2. The van der Waals surface area contributed by atoms with Crippen molar-refractivity contribution < 1.29 is 23.6 Å². The van der Waals surface area contributed by atoms with Crippen LogP contribution in [-0.2, 0) is 19.1 Å². The van der Waals surface area contributed by atoms with Gasteiger partial charge in [-0.3, -0.25) is 14.4 Å². The number of anilines is 1. The number of rotatable bonds is 5. The molecule has 9 nitrogen and oxygen atoms in total. The van der Waals surface area contributed by atoms with Crippen LogP contribution in [0.2, 0.25) is 0 Å². The number of carbonyl (C=O) groups is 3. The molecule has 0 radical (unpaired) electrons. The van der Waals surface area contributed by atoms with E-state index in [-0.39, 0.29) is 29.8 Å². The molecule has 5 atom stereocenters. The Morgan fingerprint density at radius 2 is 1.97 bits per heavy atom. The van der Waals surface area contributed by atoms with Gasteiger partial charge in [0.15, 0.2) is 5.82 Å². The molecule has 1 aromatic heterocycles. The lowest BCUT2D eigenvalue weighted by Crippen LogP contribution is -2.56. The average molecular weight is 426 g/mol. The molecular formula is C22H26N4O5. The van der Waals surface area contributed by atoms with Gasteiger partial charge in [-0.25, -0.2) is 0 Å². The summed E-state index contributed by atoms with van der Waals surface area (Å²) in [7, 11) is 0. The Morgan fingerprint density at radius 3 is 2.65 bits per heavy atom. The molecular weight excluding hydrogens is 400 g/mol. The van der Waals surface area contributed by atoms with E-state index in [1.807, 2.05) is 12.2 Å². The van der Waals surface area contributed by atoms with Gasteiger partial charge in [0.25, 0.3) is 0 Å². The summed E-state index contributed by atoms with van der Waals surface area (Å²) < 4.78 is 11.3. The third-order valence-corrected chi connectivity index (χ3v) is 7.38. The minimum Gasteiger partial charge on any atom is -0.360 e. The smallest absolute Gasteiger partial charge is 0.246 e. The van der Waals surface area contributed by atoms with E-state index in [2.05, 4.69) is 15.8 Å². The van der Waals surface area contributed by atoms with Crippen molar-refractivity contribution in [3.8, 4) is 0 Å². The number of hydrogen-bond acceptors (Lipinski definition) is 6. The van der Waals surface area contributed by atoms with Crippen LogP contribution in [0, 0.1) is 18.8 Å². The van der Waals surface area contributed by atoms with Gasteiger partial charge >= 0.3 is 0 Å². The van der Waals surface area contributed by atoms with Crippen LogP contribution in [0.3, 0.4) is 0 Å². The molecule has 1 aromatic rings. The van der Waals surface area contributed by atoms with E-state index in [0.29, 0.717) is 11.6 Å². The molecule has 4 heterocycles. The lowest BCUT2D eigenvalue weighted by Gasteiger charge is -2.33. The van der Waals surface area contributed by atoms with E-state index in [4.69, 9.17) is 9.26 Å². The van der Waals surface area contributed by atoms with Crippen LogP contribution in [-0.4, -0.2) is 57.6 Å². The quantitative estimate of drug-likeness (QED) is 0.686. The molecule has 5 aliphatic rings. The SMILES string of the molecule is Cc1cc(NC(=O)[C@@H]2[C@H]3C(=O)N(C4CC4)[C@H](C(=O)NC4CCCC4)[C@]34C=C[C@H]2O4)no1. The predicted molar refractivity (Wildman–Crippen MR) is 108 cm³/mol. The molecule has 2 saturated carbocycles. The van der Waals surface area contributed by atoms with E-state index in [1.165, 1.54) is 0 Å². The number of likely N-dealkylation sites (tertiary alicyclic amines) is 1. The number of aromatic nitrogens is 1. The van der Waals surface area contributed by atoms with Crippen molar-refractivity contribution in [1.82, 2.24) is 15.4 Å². The Bertz CT molecular complexity index is 978. The Labute approximate surface area is 179 Å². The highest BCUT2D eigenvalue weighted by molar-refractivity contribution is 6.02. The van der Waals surface area contributed by atoms with Crippen molar-refractivity contribution in [2.24, 2.45) is 11.8 Å². The molecule has 4 fully saturated rings. The monoisotopic (exact) mass is 426 g/mol. The first kappa shape index (κ1) is 19.0. The molecule has 0 unspecified atom stereocenters. The Balaban J connectivity index is 1.31. The minimum atomic E-state index is -1.09. The van der Waals surface area contributed by atoms with Crippen molar-refractivity contribution in [2.45, 2.75) is 75.3 Å². The zero-order valence-corrected chi connectivity index (χ0v) is 17.4. The van der Waals surface area contributed by atoms with Gasteiger partial charge in [0, 0.05) is 18.2 Å². The summed E-state index contributed by atoms with van der Waals surface area (Å²) in [6.45, 7) is 1.74. The standard InChI is InChI=1S/C22H26N4O5/c1-11-10-15(25-31-11)24-19(27)16-14-8-9-22(30-14)17(16)21(29)26(13-6-7-13)18(22)20(28)23-12-4-2-3-5-12/h8-10,12-14,16-18H,2-7H2,1H3,(H,23,28)(H,24,25,27)/t14-,16+,17+,18-,22+/m1/s1. The third kappa shape index (κ3) is 2.78. The number of nitrogens with one attached hydrogen (secondary N) is 2. The molecule has 0 aromatic carbocycles. The fraction of sp³-hybridized carbons (Fsp3) is 0.636. The average Bonchev–Trinajstić information content (AvgIpc) is 3.14. The number of nitrogens with zero attached hydrogens (tertiary/aromatic N) is 2. The number of carbonyl (C=O) groups excluding carboxylic acids is 3. The lowest BCUT2D eigenvalue weighted by molar-refractivity contribution is -0.142. The highest BCUT2D eigenvalue weighted by Gasteiger charge is 2.74. The van der Waals surface area contributed by atoms with Crippen LogP contribution in [0.25, 0.3) is 0 Å². The Hall–Kier alpha value is -2.68. The largest absolute Gasteiger partial charge is 0.360 e. The van der Waals surface area contributed by atoms with Crippen LogP contribution < -0.4 is 10.6 Å². The maximum Gasteiger partial charge on any atom is 0.246 e. The zero-order valence-electron chi connectivity index (χ0n) is 17.4. The molecule has 6 rings (SSSR count). The fourth-order valence-corrected chi connectivity index (χ4v) is 5.94. The van der Waals surface area contributed by atoms with Crippen LogP contribution >= 0.6 is 0 Å². The summed E-state index contributed by atoms with van der Waals surface area (Å²) in [5.74, 6) is -1.18. The second-order valence-corrected chi connectivity index (χ2v) is 9.48. The maximum atomic E-state index is 13.6. The summed E-state index contributed by atoms with van der Waals surface area (Å²) in [6.07, 6.45) is 9.05. The second kappa shape index (κ2) is 6.66. The van der Waals surface area contributed by atoms with Gasteiger partial charge in [-0.2, -0.15) is 0 Å². The van der Waals surface area contributed by atoms with Crippen molar-refractivity contribution in [3.05, 3.63) is 24.0 Å². The molecule has 31 heavy (non-hydrogen) atoms. The predicted octanol–water partition coefficient (Wildman–Crippen LogP) is 1.29.